The molecule has 0 amide bonds. The largest absolute Gasteiger partial charge is 0.383 e. The van der Waals surface area contributed by atoms with Gasteiger partial charge in [-0.1, -0.05) is 6.92 Å². The van der Waals surface area contributed by atoms with Gasteiger partial charge in [-0.15, -0.1) is 0 Å². The van der Waals surface area contributed by atoms with Crippen LogP contribution in [0.5, 0.6) is 0 Å². The summed E-state index contributed by atoms with van der Waals surface area (Å²) in [6.45, 7) is 2.00. The quantitative estimate of drug-likeness (QED) is 0.619. The second-order valence-corrected chi connectivity index (χ2v) is 3.77. The lowest BCUT2D eigenvalue weighted by Gasteiger charge is -2.01. The van der Waals surface area contributed by atoms with E-state index in [2.05, 4.69) is 24.9 Å². The molecule has 0 atom stereocenters. The van der Waals surface area contributed by atoms with Crippen LogP contribution in [0.1, 0.15) is 12.7 Å². The molecule has 0 aliphatic carbocycles. The Bertz CT molecular complexity index is 652. The maximum absolute atomic E-state index is 5.98. The lowest BCUT2D eigenvalue weighted by atomic mass is 10.2. The Morgan fingerprint density at radius 3 is 2.88 bits per heavy atom. The number of aromatic nitrogens is 5. The van der Waals surface area contributed by atoms with Crippen molar-refractivity contribution in [3.63, 3.8) is 0 Å². The number of rotatable bonds is 2. The number of H-pyrrole nitrogens is 2. The molecule has 86 valence electrons. The molecular weight excluding hydrogens is 216 g/mol. The van der Waals surface area contributed by atoms with Gasteiger partial charge in [-0.3, -0.25) is 0 Å². The molecule has 6 heteroatoms. The van der Waals surface area contributed by atoms with Crippen LogP contribution in [0.2, 0.25) is 0 Å². The molecule has 0 saturated carbocycles. The van der Waals surface area contributed by atoms with Gasteiger partial charge < -0.3 is 15.7 Å². The molecule has 4 N–H and O–H groups in total. The average molecular weight is 228 g/mol. The van der Waals surface area contributed by atoms with Crippen molar-refractivity contribution in [2.45, 2.75) is 13.3 Å². The smallest absolute Gasteiger partial charge is 0.143 e. The molecule has 3 aromatic heterocycles. The minimum atomic E-state index is 0.498. The van der Waals surface area contributed by atoms with Gasteiger partial charge in [0.05, 0.1) is 23.6 Å². The molecule has 0 aliphatic rings. The summed E-state index contributed by atoms with van der Waals surface area (Å²) in [4.78, 5) is 18.8. The highest BCUT2D eigenvalue weighted by molar-refractivity contribution is 5.99. The van der Waals surface area contributed by atoms with Crippen LogP contribution in [0.4, 0.5) is 5.82 Å². The van der Waals surface area contributed by atoms with Crippen molar-refractivity contribution >= 4 is 16.9 Å². The monoisotopic (exact) mass is 228 g/mol. The number of imidazole rings is 1. The fourth-order valence-corrected chi connectivity index (χ4v) is 1.88. The highest BCUT2D eigenvalue weighted by Crippen LogP contribution is 2.29. The summed E-state index contributed by atoms with van der Waals surface area (Å²) < 4.78 is 0. The standard InChI is InChI=1S/C11H12N6/c1-2-8-16-10(12)9-6(3-14-11(9)17-8)7-4-13-5-15-7/h3-5H,2H2,1H3,(H,13,15)(H3,12,14,16,17). The molecule has 3 aromatic rings. The van der Waals surface area contributed by atoms with Crippen molar-refractivity contribution in [1.29, 1.82) is 0 Å². The van der Waals surface area contributed by atoms with Crippen molar-refractivity contribution in [2.24, 2.45) is 0 Å². The zero-order chi connectivity index (χ0) is 11.8. The predicted molar refractivity (Wildman–Crippen MR) is 65.3 cm³/mol. The lowest BCUT2D eigenvalue weighted by molar-refractivity contribution is 0.961. The fourth-order valence-electron chi connectivity index (χ4n) is 1.88. The van der Waals surface area contributed by atoms with E-state index in [0.29, 0.717) is 5.82 Å². The molecule has 0 unspecified atom stereocenters. The number of nitrogens with zero attached hydrogens (tertiary/aromatic N) is 3. The first-order valence-electron chi connectivity index (χ1n) is 5.41. The van der Waals surface area contributed by atoms with Gasteiger partial charge in [0.25, 0.3) is 0 Å². The van der Waals surface area contributed by atoms with Crippen LogP contribution in [0, 0.1) is 0 Å². The molecule has 0 radical (unpaired) electrons. The van der Waals surface area contributed by atoms with Crippen LogP contribution in [0.3, 0.4) is 0 Å². The Balaban J connectivity index is 2.29. The van der Waals surface area contributed by atoms with Crippen molar-refractivity contribution in [1.82, 2.24) is 24.9 Å². The third kappa shape index (κ3) is 1.45. The molecule has 0 bridgehead atoms. The van der Waals surface area contributed by atoms with Crippen molar-refractivity contribution in [3.05, 3.63) is 24.5 Å². The topological polar surface area (TPSA) is 96.3 Å². The Morgan fingerprint density at radius 1 is 1.29 bits per heavy atom. The van der Waals surface area contributed by atoms with E-state index >= 15 is 0 Å². The van der Waals surface area contributed by atoms with E-state index in [9.17, 15) is 0 Å². The van der Waals surface area contributed by atoms with Gasteiger partial charge in [0.2, 0.25) is 0 Å². The van der Waals surface area contributed by atoms with E-state index in [1.165, 1.54) is 0 Å². The molecule has 0 aliphatic heterocycles. The van der Waals surface area contributed by atoms with Gasteiger partial charge in [-0.2, -0.15) is 0 Å². The second-order valence-electron chi connectivity index (χ2n) is 3.77. The van der Waals surface area contributed by atoms with Gasteiger partial charge in [0.1, 0.15) is 17.3 Å². The molecule has 0 fully saturated rings. The van der Waals surface area contributed by atoms with E-state index in [-0.39, 0.29) is 0 Å². The Labute approximate surface area is 97.3 Å². The zero-order valence-electron chi connectivity index (χ0n) is 9.36. The summed E-state index contributed by atoms with van der Waals surface area (Å²) in [6, 6.07) is 0. The third-order valence-corrected chi connectivity index (χ3v) is 2.71. The molecular formula is C11H12N6. The number of aryl methyl sites for hydroxylation is 1. The first-order chi connectivity index (χ1) is 8.29. The van der Waals surface area contributed by atoms with E-state index < -0.39 is 0 Å². The van der Waals surface area contributed by atoms with Gasteiger partial charge in [0, 0.05) is 18.2 Å². The van der Waals surface area contributed by atoms with Crippen molar-refractivity contribution in [2.75, 3.05) is 5.73 Å². The Kier molecular flexibility index (Phi) is 2.07. The minimum Gasteiger partial charge on any atom is -0.383 e. The van der Waals surface area contributed by atoms with Crippen LogP contribution in [0.25, 0.3) is 22.3 Å². The summed E-state index contributed by atoms with van der Waals surface area (Å²) in [6.07, 6.45) is 6.00. The fraction of sp³-hybridized carbons (Fsp3) is 0.182. The molecule has 0 spiro atoms. The molecule has 0 saturated heterocycles. The average Bonchev–Trinajstić information content (AvgIpc) is 2.96. The van der Waals surface area contributed by atoms with Crippen LogP contribution >= 0.6 is 0 Å². The summed E-state index contributed by atoms with van der Waals surface area (Å²) in [5.41, 5.74) is 8.58. The summed E-state index contributed by atoms with van der Waals surface area (Å²) in [5.74, 6) is 1.24. The maximum atomic E-state index is 5.98. The van der Waals surface area contributed by atoms with Crippen LogP contribution in [0.15, 0.2) is 18.7 Å². The summed E-state index contributed by atoms with van der Waals surface area (Å²) in [5, 5.41) is 0.839. The molecule has 17 heavy (non-hydrogen) atoms. The number of nitrogens with one attached hydrogen (secondary N) is 2. The number of anilines is 1. The zero-order valence-corrected chi connectivity index (χ0v) is 9.36. The van der Waals surface area contributed by atoms with Crippen molar-refractivity contribution in [3.8, 4) is 11.3 Å². The second kappa shape index (κ2) is 3.58. The summed E-state index contributed by atoms with van der Waals surface area (Å²) in [7, 11) is 0. The van der Waals surface area contributed by atoms with E-state index in [1.807, 2.05) is 13.1 Å². The molecule has 0 aromatic carbocycles. The van der Waals surface area contributed by atoms with Crippen LogP contribution in [-0.4, -0.2) is 24.9 Å². The number of nitrogen functional groups attached to an aromatic ring is 1. The first kappa shape index (κ1) is 9.83. The van der Waals surface area contributed by atoms with Gasteiger partial charge in [-0.05, 0) is 0 Å². The molecule has 6 nitrogen and oxygen atoms in total. The van der Waals surface area contributed by atoms with Crippen molar-refractivity contribution < 1.29 is 0 Å². The maximum Gasteiger partial charge on any atom is 0.143 e. The minimum absolute atomic E-state index is 0.498. The van der Waals surface area contributed by atoms with Gasteiger partial charge in [-0.25, -0.2) is 15.0 Å². The van der Waals surface area contributed by atoms with Crippen LogP contribution in [-0.2, 0) is 6.42 Å². The first-order valence-corrected chi connectivity index (χ1v) is 5.41. The normalized spacial score (nSPS) is 11.1. The molecule has 3 rings (SSSR count). The van der Waals surface area contributed by atoms with Gasteiger partial charge in [0.15, 0.2) is 0 Å². The van der Waals surface area contributed by atoms with Gasteiger partial charge >= 0.3 is 0 Å². The lowest BCUT2D eigenvalue weighted by Crippen LogP contribution is -1.99. The highest BCUT2D eigenvalue weighted by Gasteiger charge is 2.13. The summed E-state index contributed by atoms with van der Waals surface area (Å²) >= 11 is 0. The number of nitrogens with two attached hydrogens (primary N) is 1. The van der Waals surface area contributed by atoms with Crippen LogP contribution < -0.4 is 5.73 Å². The number of fused-ring (bicyclic) bond motifs is 1. The number of hydrogen-bond donors (Lipinski definition) is 3. The highest BCUT2D eigenvalue weighted by atomic mass is 15.0. The predicted octanol–water partition coefficient (Wildman–Crippen LogP) is 1.49. The Hall–Kier alpha value is -2.37. The Morgan fingerprint density at radius 2 is 2.18 bits per heavy atom. The SMILES string of the molecule is CCc1nc(N)c2c(-c3cnc[nH]3)c[nH]c2n1. The molecule has 3 heterocycles. The van der Waals surface area contributed by atoms with E-state index in [4.69, 9.17) is 5.73 Å². The number of hydrogen-bond acceptors (Lipinski definition) is 4. The van der Waals surface area contributed by atoms with E-state index in [0.717, 1.165) is 34.5 Å². The van der Waals surface area contributed by atoms with E-state index in [1.54, 1.807) is 12.5 Å². The number of aromatic amines is 2. The third-order valence-electron chi connectivity index (χ3n) is 2.71.